The second-order valence-corrected chi connectivity index (χ2v) is 6.78. The maximum atomic E-state index is 12.5. The fraction of sp³-hybridized carbons (Fsp3) is 0.250. The van der Waals surface area contributed by atoms with Gasteiger partial charge in [-0.05, 0) is 49.1 Å². The number of benzene rings is 2. The van der Waals surface area contributed by atoms with Gasteiger partial charge in [-0.25, -0.2) is 0 Å². The third-order valence-corrected chi connectivity index (χ3v) is 4.64. The summed E-state index contributed by atoms with van der Waals surface area (Å²) < 4.78 is 30.2. The Balaban J connectivity index is 2.50. The molecule has 0 saturated carbocycles. The molecular formula is C16H17NO5S. The van der Waals surface area contributed by atoms with E-state index in [1.165, 1.54) is 12.1 Å². The average Bonchev–Trinajstić information content (AvgIpc) is 2.44. The Morgan fingerprint density at radius 1 is 1.09 bits per heavy atom. The fourth-order valence-electron chi connectivity index (χ4n) is 2.33. The van der Waals surface area contributed by atoms with Gasteiger partial charge in [0, 0.05) is 12.1 Å². The molecule has 0 spiro atoms. The fourth-order valence-corrected chi connectivity index (χ4v) is 3.57. The molecule has 0 fully saturated rings. The molecule has 2 aromatic rings. The van der Waals surface area contributed by atoms with E-state index >= 15 is 0 Å². The maximum Gasteiger partial charge on any atom is 0.339 e. The Bertz CT molecular complexity index is 839. The molecule has 0 saturated heterocycles. The van der Waals surface area contributed by atoms with Crippen LogP contribution in [-0.4, -0.2) is 13.3 Å². The number of nitrogens with zero attached hydrogens (tertiary/aromatic N) is 1. The van der Waals surface area contributed by atoms with E-state index in [4.69, 9.17) is 4.18 Å². The summed E-state index contributed by atoms with van der Waals surface area (Å²) in [5.74, 6) is 0.191. The number of hydrogen-bond acceptors (Lipinski definition) is 5. The minimum Gasteiger partial charge on any atom is -0.379 e. The van der Waals surface area contributed by atoms with Crippen LogP contribution in [-0.2, 0) is 16.5 Å². The van der Waals surface area contributed by atoms with Crippen LogP contribution in [0.4, 0.5) is 5.69 Å². The first-order valence-electron chi connectivity index (χ1n) is 7.03. The largest absolute Gasteiger partial charge is 0.379 e. The molecule has 6 nitrogen and oxygen atoms in total. The van der Waals surface area contributed by atoms with Gasteiger partial charge in [0.05, 0.1) is 4.92 Å². The zero-order chi connectivity index (χ0) is 17.2. The molecule has 0 unspecified atom stereocenters. The zero-order valence-corrected chi connectivity index (χ0v) is 13.9. The number of hydrogen-bond donors (Lipinski definition) is 0. The lowest BCUT2D eigenvalue weighted by Crippen LogP contribution is -2.12. The summed E-state index contributed by atoms with van der Waals surface area (Å²) in [5.41, 5.74) is 1.92. The lowest BCUT2D eigenvalue weighted by molar-refractivity contribution is -0.385. The number of rotatable bonds is 5. The van der Waals surface area contributed by atoms with E-state index in [0.717, 1.165) is 17.2 Å². The molecule has 0 bridgehead atoms. The van der Waals surface area contributed by atoms with Crippen LogP contribution in [0.15, 0.2) is 41.3 Å². The molecule has 23 heavy (non-hydrogen) atoms. The van der Waals surface area contributed by atoms with E-state index in [9.17, 15) is 18.5 Å². The monoisotopic (exact) mass is 335 g/mol. The second-order valence-electron chi connectivity index (χ2n) is 5.26. The van der Waals surface area contributed by atoms with E-state index in [0.29, 0.717) is 12.0 Å². The van der Waals surface area contributed by atoms with Crippen molar-refractivity contribution < 1.29 is 17.5 Å². The van der Waals surface area contributed by atoms with E-state index in [1.54, 1.807) is 19.1 Å². The summed E-state index contributed by atoms with van der Waals surface area (Å²) in [6, 6.07) is 8.87. The van der Waals surface area contributed by atoms with Gasteiger partial charge in [-0.1, -0.05) is 19.1 Å². The Kier molecular flexibility index (Phi) is 4.70. The van der Waals surface area contributed by atoms with Gasteiger partial charge < -0.3 is 4.18 Å². The molecule has 0 radical (unpaired) electrons. The molecule has 0 aliphatic carbocycles. The molecule has 0 aliphatic rings. The molecule has 2 rings (SSSR count). The van der Waals surface area contributed by atoms with Gasteiger partial charge in [0.1, 0.15) is 10.6 Å². The number of nitro benzene ring substituents is 1. The van der Waals surface area contributed by atoms with Gasteiger partial charge in [0.15, 0.2) is 0 Å². The van der Waals surface area contributed by atoms with E-state index < -0.39 is 15.0 Å². The van der Waals surface area contributed by atoms with Gasteiger partial charge in [0.25, 0.3) is 5.69 Å². The molecule has 122 valence electrons. The number of nitro groups is 1. The summed E-state index contributed by atoms with van der Waals surface area (Å²) in [7, 11) is -4.15. The summed E-state index contributed by atoms with van der Waals surface area (Å²) >= 11 is 0. The average molecular weight is 335 g/mol. The van der Waals surface area contributed by atoms with Crippen molar-refractivity contribution >= 4 is 15.8 Å². The first-order chi connectivity index (χ1) is 10.7. The van der Waals surface area contributed by atoms with Gasteiger partial charge in [-0.15, -0.1) is 0 Å². The van der Waals surface area contributed by atoms with Crippen molar-refractivity contribution in [3.05, 3.63) is 63.2 Å². The number of aryl methyl sites for hydroxylation is 3. The Morgan fingerprint density at radius 2 is 1.70 bits per heavy atom. The highest BCUT2D eigenvalue weighted by Gasteiger charge is 2.23. The highest BCUT2D eigenvalue weighted by molar-refractivity contribution is 7.87. The number of non-ortho nitro benzene ring substituents is 1. The predicted molar refractivity (Wildman–Crippen MR) is 86.2 cm³/mol. The second kappa shape index (κ2) is 6.37. The van der Waals surface area contributed by atoms with Crippen molar-refractivity contribution in [2.45, 2.75) is 32.1 Å². The van der Waals surface area contributed by atoms with Gasteiger partial charge in [-0.3, -0.25) is 10.1 Å². The van der Waals surface area contributed by atoms with E-state index in [1.807, 2.05) is 19.9 Å². The highest BCUT2D eigenvalue weighted by atomic mass is 32.2. The molecule has 0 aliphatic heterocycles. The van der Waals surface area contributed by atoms with Crippen molar-refractivity contribution in [2.24, 2.45) is 0 Å². The summed E-state index contributed by atoms with van der Waals surface area (Å²) in [6.07, 6.45) is 0.419. The lowest BCUT2D eigenvalue weighted by Gasteiger charge is -2.11. The van der Waals surface area contributed by atoms with Crippen molar-refractivity contribution in [2.75, 3.05) is 0 Å². The van der Waals surface area contributed by atoms with E-state index in [-0.39, 0.29) is 16.3 Å². The Hall–Kier alpha value is -2.41. The van der Waals surface area contributed by atoms with Crippen molar-refractivity contribution in [1.29, 1.82) is 0 Å². The van der Waals surface area contributed by atoms with E-state index in [2.05, 4.69) is 0 Å². The molecule has 7 heteroatoms. The van der Waals surface area contributed by atoms with Crippen LogP contribution in [0, 0.1) is 24.0 Å². The van der Waals surface area contributed by atoms with Crippen LogP contribution in [0.3, 0.4) is 0 Å². The summed E-state index contributed by atoms with van der Waals surface area (Å²) in [5, 5.41) is 10.9. The van der Waals surface area contributed by atoms with Gasteiger partial charge >= 0.3 is 10.1 Å². The third-order valence-electron chi connectivity index (χ3n) is 3.31. The minimum absolute atomic E-state index is 0.173. The van der Waals surface area contributed by atoms with Gasteiger partial charge in [0.2, 0.25) is 0 Å². The molecule has 0 N–H and O–H groups in total. The Morgan fingerprint density at radius 3 is 2.22 bits per heavy atom. The summed E-state index contributed by atoms with van der Waals surface area (Å²) in [6.45, 7) is 5.44. The normalized spacial score (nSPS) is 11.3. The van der Waals surface area contributed by atoms with Crippen LogP contribution in [0.25, 0.3) is 0 Å². The first-order valence-corrected chi connectivity index (χ1v) is 8.44. The topological polar surface area (TPSA) is 86.5 Å². The molecule has 0 aromatic heterocycles. The predicted octanol–water partition coefficient (Wildman–Crippen LogP) is 3.54. The molecule has 2 aromatic carbocycles. The standard InChI is InChI=1S/C16H17NO5S/c1-4-13-5-6-14(17(18)19)10-16(13)23(20,21)22-15-8-11(2)7-12(3)9-15/h5-10H,4H2,1-3H3. The van der Waals surface area contributed by atoms with Crippen LogP contribution < -0.4 is 4.18 Å². The summed E-state index contributed by atoms with van der Waals surface area (Å²) in [4.78, 5) is 10.1. The first kappa shape index (κ1) is 17.0. The Labute approximate surface area is 135 Å². The molecular weight excluding hydrogens is 318 g/mol. The van der Waals surface area contributed by atoms with Crippen LogP contribution >= 0.6 is 0 Å². The van der Waals surface area contributed by atoms with Crippen LogP contribution in [0.1, 0.15) is 23.6 Å². The van der Waals surface area contributed by atoms with Crippen LogP contribution in [0.2, 0.25) is 0 Å². The minimum atomic E-state index is -4.15. The van der Waals surface area contributed by atoms with Crippen molar-refractivity contribution in [1.82, 2.24) is 0 Å². The zero-order valence-electron chi connectivity index (χ0n) is 13.1. The molecule has 0 atom stereocenters. The molecule has 0 heterocycles. The highest BCUT2D eigenvalue weighted by Crippen LogP contribution is 2.27. The maximum absolute atomic E-state index is 12.5. The van der Waals surface area contributed by atoms with Gasteiger partial charge in [-0.2, -0.15) is 8.42 Å². The third kappa shape index (κ3) is 3.87. The quantitative estimate of drug-likeness (QED) is 0.474. The SMILES string of the molecule is CCc1ccc([N+](=O)[O-])cc1S(=O)(=O)Oc1cc(C)cc(C)c1. The smallest absolute Gasteiger partial charge is 0.339 e. The van der Waals surface area contributed by atoms with Crippen molar-refractivity contribution in [3.63, 3.8) is 0 Å². The lowest BCUT2D eigenvalue weighted by atomic mass is 10.1. The molecule has 0 amide bonds. The van der Waals surface area contributed by atoms with Crippen molar-refractivity contribution in [3.8, 4) is 5.75 Å². The van der Waals surface area contributed by atoms with Crippen LogP contribution in [0.5, 0.6) is 5.75 Å².